The van der Waals surface area contributed by atoms with Crippen LogP contribution in [0.2, 0.25) is 10.0 Å². The third-order valence-corrected chi connectivity index (χ3v) is 5.34. The first-order valence-electron chi connectivity index (χ1n) is 6.63. The van der Waals surface area contributed by atoms with Gasteiger partial charge in [0.1, 0.15) is 4.90 Å². The zero-order valence-electron chi connectivity index (χ0n) is 12.1. The van der Waals surface area contributed by atoms with Gasteiger partial charge in [0.15, 0.2) is 6.61 Å². The fourth-order valence-corrected chi connectivity index (χ4v) is 3.81. The number of halogens is 2. The van der Waals surface area contributed by atoms with E-state index in [9.17, 15) is 18.0 Å². The van der Waals surface area contributed by atoms with Crippen molar-refractivity contribution in [3.63, 3.8) is 0 Å². The first-order valence-corrected chi connectivity index (χ1v) is 8.87. The van der Waals surface area contributed by atoms with Gasteiger partial charge in [-0.2, -0.15) is 0 Å². The van der Waals surface area contributed by atoms with Crippen molar-refractivity contribution in [1.82, 2.24) is 10.0 Å². The minimum Gasteiger partial charge on any atom is -0.452 e. The smallest absolute Gasteiger partial charge is 0.340 e. The topological polar surface area (TPSA) is 102 Å². The van der Waals surface area contributed by atoms with Crippen molar-refractivity contribution < 1.29 is 22.7 Å². The number of hydrogen-bond donors (Lipinski definition) is 2. The minimum absolute atomic E-state index is 0.0673. The first-order chi connectivity index (χ1) is 10.7. The summed E-state index contributed by atoms with van der Waals surface area (Å²) in [5.74, 6) is -1.43. The average molecular weight is 381 g/mol. The Balaban J connectivity index is 2.28. The summed E-state index contributed by atoms with van der Waals surface area (Å²) in [5.41, 5.74) is -0.184. The number of ether oxygens (including phenoxy) is 1. The van der Waals surface area contributed by atoms with Crippen molar-refractivity contribution in [1.29, 1.82) is 0 Å². The molecule has 7 nitrogen and oxygen atoms in total. The van der Waals surface area contributed by atoms with E-state index in [2.05, 4.69) is 10.0 Å². The second-order valence-electron chi connectivity index (χ2n) is 4.91. The molecule has 2 rings (SSSR count). The lowest BCUT2D eigenvalue weighted by Gasteiger charge is -2.11. The molecule has 1 aliphatic carbocycles. The fourth-order valence-electron chi connectivity index (χ4n) is 1.66. The molecule has 1 aliphatic rings. The number of amides is 1. The zero-order valence-corrected chi connectivity index (χ0v) is 14.4. The van der Waals surface area contributed by atoms with Crippen LogP contribution >= 0.6 is 23.2 Å². The third-order valence-electron chi connectivity index (χ3n) is 3.04. The average Bonchev–Trinajstić information content (AvgIpc) is 3.27. The van der Waals surface area contributed by atoms with Crippen molar-refractivity contribution in [2.75, 3.05) is 13.7 Å². The fraction of sp³-hybridized carbons (Fsp3) is 0.385. The van der Waals surface area contributed by atoms with Gasteiger partial charge in [-0.25, -0.2) is 17.9 Å². The summed E-state index contributed by atoms with van der Waals surface area (Å²) >= 11 is 11.8. The van der Waals surface area contributed by atoms with Gasteiger partial charge < -0.3 is 10.1 Å². The molecule has 0 atom stereocenters. The highest BCUT2D eigenvalue weighted by atomic mass is 35.5. The second-order valence-corrected chi connectivity index (χ2v) is 7.40. The predicted octanol–water partition coefficient (Wildman–Crippen LogP) is 1.34. The Morgan fingerprint density at radius 3 is 2.48 bits per heavy atom. The van der Waals surface area contributed by atoms with Crippen molar-refractivity contribution in [2.45, 2.75) is 23.8 Å². The maximum Gasteiger partial charge on any atom is 0.340 e. The molecule has 10 heteroatoms. The van der Waals surface area contributed by atoms with E-state index < -0.39 is 28.5 Å². The predicted molar refractivity (Wildman–Crippen MR) is 84.2 cm³/mol. The van der Waals surface area contributed by atoms with Gasteiger partial charge in [-0.05, 0) is 25.0 Å². The Morgan fingerprint density at radius 2 is 1.91 bits per heavy atom. The number of sulfonamides is 1. The number of likely N-dealkylation sites (N-methyl/N-ethyl adjacent to an activating group) is 1. The largest absolute Gasteiger partial charge is 0.452 e. The number of benzene rings is 1. The molecule has 1 aromatic rings. The van der Waals surface area contributed by atoms with E-state index in [0.29, 0.717) is 0 Å². The summed E-state index contributed by atoms with van der Waals surface area (Å²) in [7, 11) is -2.48. The van der Waals surface area contributed by atoms with Crippen molar-refractivity contribution in [2.24, 2.45) is 0 Å². The molecular weight excluding hydrogens is 367 g/mol. The third kappa shape index (κ3) is 4.57. The molecule has 0 bridgehead atoms. The van der Waals surface area contributed by atoms with Crippen LogP contribution in [0.4, 0.5) is 0 Å². The van der Waals surface area contributed by atoms with E-state index in [1.807, 2.05) is 0 Å². The summed E-state index contributed by atoms with van der Waals surface area (Å²) in [5, 5.41) is 2.11. The molecule has 0 aromatic heterocycles. The van der Waals surface area contributed by atoms with Gasteiger partial charge in [-0.15, -0.1) is 0 Å². The lowest BCUT2D eigenvalue weighted by atomic mass is 10.2. The Kier molecular flexibility index (Phi) is 5.51. The van der Waals surface area contributed by atoms with Crippen molar-refractivity contribution in [3.8, 4) is 0 Å². The van der Waals surface area contributed by atoms with Crippen LogP contribution in [-0.2, 0) is 19.6 Å². The number of nitrogens with one attached hydrogen (secondary N) is 2. The van der Waals surface area contributed by atoms with Crippen LogP contribution in [0.3, 0.4) is 0 Å². The Morgan fingerprint density at radius 1 is 1.26 bits per heavy atom. The lowest BCUT2D eigenvalue weighted by molar-refractivity contribution is -0.123. The summed E-state index contributed by atoms with van der Waals surface area (Å²) in [4.78, 5) is 22.8. The normalized spacial score (nSPS) is 14.4. The van der Waals surface area contributed by atoms with Crippen LogP contribution in [0.5, 0.6) is 0 Å². The molecule has 0 heterocycles. The van der Waals surface area contributed by atoms with E-state index in [1.54, 1.807) is 0 Å². The minimum atomic E-state index is -3.86. The Hall–Kier alpha value is -1.35. The highest BCUT2D eigenvalue weighted by molar-refractivity contribution is 7.89. The van der Waals surface area contributed by atoms with Crippen LogP contribution in [0.25, 0.3) is 0 Å². The van der Waals surface area contributed by atoms with Gasteiger partial charge in [0.25, 0.3) is 5.91 Å². The summed E-state index contributed by atoms with van der Waals surface area (Å²) in [6.45, 7) is -0.503. The Labute approximate surface area is 143 Å². The monoisotopic (exact) mass is 380 g/mol. The van der Waals surface area contributed by atoms with Crippen molar-refractivity contribution >= 4 is 45.1 Å². The molecule has 23 heavy (non-hydrogen) atoms. The van der Waals surface area contributed by atoms with Crippen LogP contribution in [0.1, 0.15) is 23.2 Å². The van der Waals surface area contributed by atoms with Crippen LogP contribution in [0, 0.1) is 0 Å². The summed E-state index contributed by atoms with van der Waals surface area (Å²) < 4.78 is 31.7. The SMILES string of the molecule is CNC(=O)COC(=O)c1cc(S(=O)(=O)NC2CC2)c(Cl)cc1Cl. The molecular formula is C13H14Cl2N2O5S. The molecule has 0 spiro atoms. The molecule has 126 valence electrons. The van der Waals surface area contributed by atoms with Gasteiger partial charge >= 0.3 is 5.97 Å². The maximum absolute atomic E-state index is 12.2. The van der Waals surface area contributed by atoms with Gasteiger partial charge in [-0.1, -0.05) is 23.2 Å². The highest BCUT2D eigenvalue weighted by Gasteiger charge is 2.30. The highest BCUT2D eigenvalue weighted by Crippen LogP contribution is 2.31. The molecule has 0 radical (unpaired) electrons. The van der Waals surface area contributed by atoms with Crippen molar-refractivity contribution in [3.05, 3.63) is 27.7 Å². The Bertz CT molecular complexity index is 747. The quantitative estimate of drug-likeness (QED) is 0.725. The first kappa shape index (κ1) is 18.0. The number of carbonyl (C=O) groups is 2. The summed E-state index contributed by atoms with van der Waals surface area (Å²) in [6, 6.07) is 2.08. The van der Waals surface area contributed by atoms with E-state index in [1.165, 1.54) is 7.05 Å². The van der Waals surface area contributed by atoms with E-state index in [0.717, 1.165) is 25.0 Å². The summed E-state index contributed by atoms with van der Waals surface area (Å²) in [6.07, 6.45) is 1.51. The number of hydrogen-bond acceptors (Lipinski definition) is 5. The second kappa shape index (κ2) is 7.04. The van der Waals surface area contributed by atoms with Gasteiger partial charge in [0.05, 0.1) is 15.6 Å². The van der Waals surface area contributed by atoms with E-state index >= 15 is 0 Å². The number of carbonyl (C=O) groups excluding carboxylic acids is 2. The molecule has 0 aliphatic heterocycles. The maximum atomic E-state index is 12.2. The standard InChI is InChI=1S/C13H14Cl2N2O5S/c1-16-12(18)6-22-13(19)8-4-11(10(15)5-9(8)14)23(20,21)17-7-2-3-7/h4-5,7,17H,2-3,6H2,1H3,(H,16,18). The molecule has 0 saturated heterocycles. The van der Waals surface area contributed by atoms with E-state index in [-0.39, 0.29) is 26.5 Å². The van der Waals surface area contributed by atoms with Gasteiger partial charge in [-0.3, -0.25) is 4.79 Å². The zero-order chi connectivity index (χ0) is 17.2. The molecule has 1 aromatic carbocycles. The molecule has 1 amide bonds. The lowest BCUT2D eigenvalue weighted by Crippen LogP contribution is -2.27. The van der Waals surface area contributed by atoms with Gasteiger partial charge in [0, 0.05) is 13.1 Å². The van der Waals surface area contributed by atoms with Gasteiger partial charge in [0.2, 0.25) is 10.0 Å². The molecule has 1 fully saturated rings. The number of rotatable bonds is 6. The van der Waals surface area contributed by atoms with E-state index in [4.69, 9.17) is 27.9 Å². The van der Waals surface area contributed by atoms with Crippen LogP contribution < -0.4 is 10.0 Å². The molecule has 0 unspecified atom stereocenters. The molecule has 1 saturated carbocycles. The van der Waals surface area contributed by atoms with Crippen LogP contribution in [-0.4, -0.2) is 40.0 Å². The van der Waals surface area contributed by atoms with Crippen LogP contribution in [0.15, 0.2) is 17.0 Å². The number of esters is 1. The molecule has 2 N–H and O–H groups in total.